The number of nitrogens with zero attached hydrogens (tertiary/aromatic N) is 2. The fourth-order valence-electron chi connectivity index (χ4n) is 3.20. The van der Waals surface area contributed by atoms with E-state index in [4.69, 9.17) is 17.3 Å². The number of fused-ring (bicyclic) bond motifs is 1. The smallest absolute Gasteiger partial charge is 0.256 e. The molecule has 1 aliphatic heterocycles. The average molecular weight is 361 g/mol. The fourth-order valence-corrected chi connectivity index (χ4v) is 3.41. The summed E-state index contributed by atoms with van der Waals surface area (Å²) in [5.41, 5.74) is 6.53. The Labute approximate surface area is 151 Å². The Hall–Kier alpha value is -2.18. The van der Waals surface area contributed by atoms with Gasteiger partial charge in [-0.2, -0.15) is 0 Å². The van der Waals surface area contributed by atoms with Gasteiger partial charge < -0.3 is 16.0 Å². The maximum Gasteiger partial charge on any atom is 0.256 e. The molecule has 6 nitrogen and oxygen atoms in total. The van der Waals surface area contributed by atoms with Gasteiger partial charge in [-0.05, 0) is 37.1 Å². The Morgan fingerprint density at radius 1 is 1.36 bits per heavy atom. The summed E-state index contributed by atoms with van der Waals surface area (Å²) in [5, 5.41) is 4.13. The van der Waals surface area contributed by atoms with Crippen molar-refractivity contribution < 1.29 is 9.59 Å². The molecule has 0 spiro atoms. The zero-order chi connectivity index (χ0) is 17.8. The molecule has 1 aliphatic rings. The van der Waals surface area contributed by atoms with Crippen LogP contribution in [0.15, 0.2) is 30.5 Å². The largest absolute Gasteiger partial charge is 0.355 e. The second kappa shape index (κ2) is 7.80. The van der Waals surface area contributed by atoms with Crippen LogP contribution in [-0.4, -0.2) is 47.9 Å². The molecule has 25 heavy (non-hydrogen) atoms. The molecule has 1 atom stereocenters. The van der Waals surface area contributed by atoms with Gasteiger partial charge in [0.25, 0.3) is 5.91 Å². The minimum atomic E-state index is -0.198. The third-order valence-electron chi connectivity index (χ3n) is 4.47. The Balaban J connectivity index is 1.81. The van der Waals surface area contributed by atoms with Crippen LogP contribution < -0.4 is 11.1 Å². The molecule has 0 saturated carbocycles. The first-order valence-corrected chi connectivity index (χ1v) is 8.80. The van der Waals surface area contributed by atoms with Crippen molar-refractivity contribution >= 4 is 34.3 Å². The van der Waals surface area contributed by atoms with E-state index in [9.17, 15) is 9.59 Å². The van der Waals surface area contributed by atoms with Crippen molar-refractivity contribution in [1.82, 2.24) is 15.2 Å². The Bertz CT molecular complexity index is 796. The van der Waals surface area contributed by atoms with E-state index >= 15 is 0 Å². The van der Waals surface area contributed by atoms with Gasteiger partial charge in [-0.1, -0.05) is 11.6 Å². The lowest BCUT2D eigenvalue weighted by atomic mass is 9.96. The number of piperidine rings is 1. The Morgan fingerprint density at radius 2 is 2.20 bits per heavy atom. The maximum absolute atomic E-state index is 13.0. The van der Waals surface area contributed by atoms with Crippen molar-refractivity contribution in [2.75, 3.05) is 26.2 Å². The third-order valence-corrected chi connectivity index (χ3v) is 4.80. The summed E-state index contributed by atoms with van der Waals surface area (Å²) in [6.45, 7) is 1.90. The van der Waals surface area contributed by atoms with Crippen molar-refractivity contribution in [1.29, 1.82) is 0 Å². The lowest BCUT2D eigenvalue weighted by molar-refractivity contribution is -0.126. The lowest BCUT2D eigenvalue weighted by Crippen LogP contribution is -2.46. The van der Waals surface area contributed by atoms with Crippen LogP contribution in [0.4, 0.5) is 0 Å². The zero-order valence-electron chi connectivity index (χ0n) is 13.9. The summed E-state index contributed by atoms with van der Waals surface area (Å²) in [4.78, 5) is 31.2. The molecule has 2 aromatic rings. The third kappa shape index (κ3) is 3.75. The fraction of sp³-hybridized carbons (Fsp3) is 0.389. The van der Waals surface area contributed by atoms with Crippen LogP contribution >= 0.6 is 11.6 Å². The van der Waals surface area contributed by atoms with Crippen molar-refractivity contribution in [2.24, 2.45) is 11.7 Å². The molecule has 3 N–H and O–H groups in total. The molecule has 0 radical (unpaired) electrons. The molecule has 7 heteroatoms. The number of nitrogens with one attached hydrogen (secondary N) is 1. The number of aromatic nitrogens is 1. The first-order chi connectivity index (χ1) is 12.1. The van der Waals surface area contributed by atoms with E-state index in [1.807, 2.05) is 6.07 Å². The highest BCUT2D eigenvalue weighted by Gasteiger charge is 2.29. The Morgan fingerprint density at radius 3 is 3.00 bits per heavy atom. The number of hydrogen-bond acceptors (Lipinski definition) is 4. The van der Waals surface area contributed by atoms with E-state index < -0.39 is 0 Å². The highest BCUT2D eigenvalue weighted by molar-refractivity contribution is 6.36. The molecule has 0 bridgehead atoms. The van der Waals surface area contributed by atoms with E-state index in [-0.39, 0.29) is 17.7 Å². The van der Waals surface area contributed by atoms with Crippen molar-refractivity contribution in [2.45, 2.75) is 12.8 Å². The van der Waals surface area contributed by atoms with Gasteiger partial charge in [0.2, 0.25) is 5.91 Å². The number of amides is 2. The monoisotopic (exact) mass is 360 g/mol. The number of hydrogen-bond donors (Lipinski definition) is 2. The van der Waals surface area contributed by atoms with Crippen molar-refractivity contribution in [3.8, 4) is 0 Å². The van der Waals surface area contributed by atoms with Crippen LogP contribution in [0.3, 0.4) is 0 Å². The standard InChI is InChI=1S/C18H21ClN4O2/c19-15-6-5-14(16-13(15)4-1-8-21-16)18(25)23-10-2-3-12(11-23)17(24)22-9-7-20/h1,4-6,8,12H,2-3,7,9-11,20H2,(H,22,24). The molecule has 1 aromatic heterocycles. The van der Waals surface area contributed by atoms with Crippen molar-refractivity contribution in [3.63, 3.8) is 0 Å². The lowest BCUT2D eigenvalue weighted by Gasteiger charge is -2.32. The minimum absolute atomic E-state index is 0.0398. The number of rotatable bonds is 4. The number of halogens is 1. The molecule has 1 saturated heterocycles. The van der Waals surface area contributed by atoms with Crippen LogP contribution in [0, 0.1) is 5.92 Å². The molecule has 1 fully saturated rings. The molecule has 1 unspecified atom stereocenters. The highest BCUT2D eigenvalue weighted by Crippen LogP contribution is 2.27. The number of carbonyl (C=O) groups excluding carboxylic acids is 2. The molecule has 1 aromatic carbocycles. The number of likely N-dealkylation sites (tertiary alicyclic amines) is 1. The summed E-state index contributed by atoms with van der Waals surface area (Å²) < 4.78 is 0. The van der Waals surface area contributed by atoms with Gasteiger partial charge in [-0.25, -0.2) is 0 Å². The van der Waals surface area contributed by atoms with Crippen LogP contribution in [0.5, 0.6) is 0 Å². The summed E-state index contributed by atoms with van der Waals surface area (Å²) in [6.07, 6.45) is 3.22. The molecule has 3 rings (SSSR count). The summed E-state index contributed by atoms with van der Waals surface area (Å²) >= 11 is 6.20. The first kappa shape index (κ1) is 17.6. The van der Waals surface area contributed by atoms with Gasteiger partial charge >= 0.3 is 0 Å². The van der Waals surface area contributed by atoms with E-state index in [0.29, 0.717) is 42.3 Å². The van der Waals surface area contributed by atoms with Crippen LogP contribution in [0.2, 0.25) is 5.02 Å². The summed E-state index contributed by atoms with van der Waals surface area (Å²) in [5.74, 6) is -0.352. The van der Waals surface area contributed by atoms with E-state index in [1.54, 1.807) is 29.3 Å². The molecule has 2 heterocycles. The summed E-state index contributed by atoms with van der Waals surface area (Å²) in [6, 6.07) is 7.06. The van der Waals surface area contributed by atoms with Gasteiger partial charge in [0, 0.05) is 37.8 Å². The van der Waals surface area contributed by atoms with Crippen LogP contribution in [-0.2, 0) is 4.79 Å². The molecule has 132 valence electrons. The first-order valence-electron chi connectivity index (χ1n) is 8.42. The van der Waals surface area contributed by atoms with Crippen molar-refractivity contribution in [3.05, 3.63) is 41.0 Å². The van der Waals surface area contributed by atoms with Crippen LogP contribution in [0.25, 0.3) is 10.9 Å². The predicted octanol–water partition coefficient (Wildman–Crippen LogP) is 1.82. The van der Waals surface area contributed by atoms with Crippen LogP contribution in [0.1, 0.15) is 23.2 Å². The molecular weight excluding hydrogens is 340 g/mol. The van der Waals surface area contributed by atoms with Gasteiger partial charge in [0.15, 0.2) is 0 Å². The zero-order valence-corrected chi connectivity index (χ0v) is 14.6. The van der Waals surface area contributed by atoms with Gasteiger partial charge in [0.1, 0.15) is 0 Å². The van der Waals surface area contributed by atoms with Gasteiger partial charge in [-0.15, -0.1) is 0 Å². The van der Waals surface area contributed by atoms with Gasteiger partial charge in [0.05, 0.1) is 22.0 Å². The topological polar surface area (TPSA) is 88.3 Å². The van der Waals surface area contributed by atoms with Gasteiger partial charge in [-0.3, -0.25) is 14.6 Å². The second-order valence-electron chi connectivity index (χ2n) is 6.16. The van der Waals surface area contributed by atoms with E-state index in [1.165, 1.54) is 0 Å². The van der Waals surface area contributed by atoms with E-state index in [2.05, 4.69) is 10.3 Å². The molecular formula is C18H21ClN4O2. The normalized spacial score (nSPS) is 17.5. The predicted molar refractivity (Wildman–Crippen MR) is 97.4 cm³/mol. The number of carbonyl (C=O) groups is 2. The maximum atomic E-state index is 13.0. The average Bonchev–Trinajstić information content (AvgIpc) is 2.66. The second-order valence-corrected chi connectivity index (χ2v) is 6.57. The number of nitrogens with two attached hydrogens (primary N) is 1. The van der Waals surface area contributed by atoms with E-state index in [0.717, 1.165) is 18.2 Å². The minimum Gasteiger partial charge on any atom is -0.355 e. The SMILES string of the molecule is NCCNC(=O)C1CCCN(C(=O)c2ccc(Cl)c3cccnc23)C1. The quantitative estimate of drug-likeness (QED) is 0.870. The summed E-state index contributed by atoms with van der Waals surface area (Å²) in [7, 11) is 0. The number of benzene rings is 1. The molecule has 2 amide bonds. The number of pyridine rings is 1. The highest BCUT2D eigenvalue weighted by atomic mass is 35.5. The molecule has 0 aliphatic carbocycles. The Kier molecular flexibility index (Phi) is 5.50.